The summed E-state index contributed by atoms with van der Waals surface area (Å²) < 4.78 is 6.61. The summed E-state index contributed by atoms with van der Waals surface area (Å²) in [5.74, 6) is 0.286. The number of carbonyl (C=O) groups is 1. The van der Waals surface area contributed by atoms with Crippen LogP contribution in [0.4, 0.5) is 0 Å². The molecule has 0 fully saturated rings. The van der Waals surface area contributed by atoms with E-state index in [9.17, 15) is 4.79 Å². The molecule has 0 bridgehead atoms. The Morgan fingerprint density at radius 2 is 2.31 bits per heavy atom. The van der Waals surface area contributed by atoms with Gasteiger partial charge >= 0.3 is 5.97 Å². The van der Waals surface area contributed by atoms with Crippen molar-refractivity contribution in [2.24, 2.45) is 7.05 Å². The molecule has 4 heteroatoms. The van der Waals surface area contributed by atoms with Gasteiger partial charge in [0.25, 0.3) is 0 Å². The van der Waals surface area contributed by atoms with Gasteiger partial charge in [0.05, 0.1) is 5.69 Å². The quantitative estimate of drug-likeness (QED) is 0.662. The number of rotatable bonds is 3. The molecule has 1 aromatic rings. The van der Waals surface area contributed by atoms with Gasteiger partial charge in [-0.15, -0.1) is 0 Å². The Hall–Kier alpha value is -1.32. The van der Waals surface area contributed by atoms with Crippen molar-refractivity contribution in [3.05, 3.63) is 11.8 Å². The van der Waals surface area contributed by atoms with E-state index in [2.05, 4.69) is 5.10 Å². The fraction of sp³-hybridized carbons (Fsp3) is 0.556. The molecular formula is C9H14N2O2. The number of aryl methyl sites for hydroxylation is 2. The number of carbonyl (C=O) groups excluding carboxylic acids is 1. The molecule has 0 unspecified atom stereocenters. The van der Waals surface area contributed by atoms with Crippen LogP contribution in [0, 0.1) is 0 Å². The van der Waals surface area contributed by atoms with Crippen LogP contribution in [-0.4, -0.2) is 15.7 Å². The van der Waals surface area contributed by atoms with Gasteiger partial charge in [0, 0.05) is 19.5 Å². The highest BCUT2D eigenvalue weighted by Gasteiger charge is 2.07. The van der Waals surface area contributed by atoms with E-state index in [1.54, 1.807) is 24.7 Å². The highest BCUT2D eigenvalue weighted by atomic mass is 16.5. The Morgan fingerprint density at radius 1 is 1.62 bits per heavy atom. The summed E-state index contributed by atoms with van der Waals surface area (Å²) in [6, 6.07) is 1.79. The molecule has 0 radical (unpaired) electrons. The van der Waals surface area contributed by atoms with Gasteiger partial charge in [-0.1, -0.05) is 13.8 Å². The molecule has 0 aromatic carbocycles. The van der Waals surface area contributed by atoms with Gasteiger partial charge in [-0.2, -0.15) is 5.10 Å². The normalized spacial score (nSPS) is 10.1. The lowest BCUT2D eigenvalue weighted by molar-refractivity contribution is -0.134. The summed E-state index contributed by atoms with van der Waals surface area (Å²) in [6.07, 6.45) is 1.23. The van der Waals surface area contributed by atoms with Crippen molar-refractivity contribution < 1.29 is 9.53 Å². The highest BCUT2D eigenvalue weighted by Crippen LogP contribution is 2.12. The average Bonchev–Trinajstić information content (AvgIpc) is 2.47. The van der Waals surface area contributed by atoms with Crippen LogP contribution >= 0.6 is 0 Å². The second kappa shape index (κ2) is 4.07. The molecule has 4 nitrogen and oxygen atoms in total. The maximum absolute atomic E-state index is 11.0. The van der Waals surface area contributed by atoms with Crippen molar-refractivity contribution in [2.75, 3.05) is 0 Å². The maximum atomic E-state index is 11.0. The Labute approximate surface area is 77.5 Å². The van der Waals surface area contributed by atoms with Crippen molar-refractivity contribution in [2.45, 2.75) is 26.7 Å². The third kappa shape index (κ3) is 2.31. The molecule has 1 heterocycles. The summed E-state index contributed by atoms with van der Waals surface area (Å²) >= 11 is 0. The van der Waals surface area contributed by atoms with Gasteiger partial charge in [-0.05, 0) is 6.42 Å². The number of hydrogen-bond acceptors (Lipinski definition) is 3. The summed E-state index contributed by atoms with van der Waals surface area (Å²) in [5.41, 5.74) is 0.932. The largest absolute Gasteiger partial charge is 0.408 e. The first-order chi connectivity index (χ1) is 6.17. The molecule has 0 amide bonds. The molecular weight excluding hydrogens is 168 g/mol. The van der Waals surface area contributed by atoms with E-state index in [4.69, 9.17) is 4.74 Å². The molecule has 1 rings (SSSR count). The van der Waals surface area contributed by atoms with E-state index >= 15 is 0 Å². The van der Waals surface area contributed by atoms with Crippen LogP contribution in [0.1, 0.15) is 26.0 Å². The van der Waals surface area contributed by atoms with Crippen molar-refractivity contribution in [3.63, 3.8) is 0 Å². The van der Waals surface area contributed by atoms with Gasteiger partial charge in [-0.3, -0.25) is 4.79 Å². The fourth-order valence-corrected chi connectivity index (χ4v) is 0.964. The second-order valence-corrected chi connectivity index (χ2v) is 2.78. The van der Waals surface area contributed by atoms with E-state index in [-0.39, 0.29) is 5.97 Å². The molecule has 0 spiro atoms. The molecule has 0 saturated heterocycles. The summed E-state index contributed by atoms with van der Waals surface area (Å²) in [5, 5.41) is 4.16. The molecule has 0 aliphatic rings. The lowest BCUT2D eigenvalue weighted by Crippen LogP contribution is -2.08. The minimum Gasteiger partial charge on any atom is -0.408 e. The van der Waals surface area contributed by atoms with E-state index in [1.807, 2.05) is 6.92 Å². The molecule has 0 atom stereocenters. The number of nitrogens with zero attached hydrogens (tertiary/aromatic N) is 2. The summed E-state index contributed by atoms with van der Waals surface area (Å²) in [7, 11) is 1.76. The molecule has 1 aromatic heterocycles. The third-order valence-corrected chi connectivity index (χ3v) is 1.76. The SMILES string of the molecule is CCC(=O)Oc1cc(CC)nn1C. The van der Waals surface area contributed by atoms with Gasteiger partial charge in [0.2, 0.25) is 5.88 Å². The lowest BCUT2D eigenvalue weighted by atomic mass is 10.3. The Kier molecular flexibility index (Phi) is 3.06. The first kappa shape index (κ1) is 9.77. The number of esters is 1. The van der Waals surface area contributed by atoms with Gasteiger partial charge in [0.15, 0.2) is 0 Å². The minimum atomic E-state index is -0.231. The van der Waals surface area contributed by atoms with Crippen LogP contribution in [0.3, 0.4) is 0 Å². The van der Waals surface area contributed by atoms with Crippen molar-refractivity contribution in [1.82, 2.24) is 9.78 Å². The van der Waals surface area contributed by atoms with Gasteiger partial charge in [0.1, 0.15) is 0 Å². The summed E-state index contributed by atoms with van der Waals surface area (Å²) in [4.78, 5) is 11.0. The van der Waals surface area contributed by atoms with Gasteiger partial charge in [-0.25, -0.2) is 4.68 Å². The van der Waals surface area contributed by atoms with Crippen LogP contribution in [0.5, 0.6) is 5.88 Å². The molecule has 0 N–H and O–H groups in total. The smallest absolute Gasteiger partial charge is 0.312 e. The monoisotopic (exact) mass is 182 g/mol. The van der Waals surface area contributed by atoms with Crippen LogP contribution < -0.4 is 4.74 Å². The molecule has 13 heavy (non-hydrogen) atoms. The second-order valence-electron chi connectivity index (χ2n) is 2.78. The van der Waals surface area contributed by atoms with E-state index in [0.29, 0.717) is 12.3 Å². The molecule has 0 aliphatic heterocycles. The van der Waals surface area contributed by atoms with Crippen LogP contribution in [0.2, 0.25) is 0 Å². The topological polar surface area (TPSA) is 44.1 Å². The molecule has 0 aliphatic carbocycles. The first-order valence-corrected chi connectivity index (χ1v) is 4.41. The predicted molar refractivity (Wildman–Crippen MR) is 48.5 cm³/mol. The zero-order valence-corrected chi connectivity index (χ0v) is 8.20. The van der Waals surface area contributed by atoms with Crippen molar-refractivity contribution in [1.29, 1.82) is 0 Å². The molecule has 72 valence electrons. The highest BCUT2D eigenvalue weighted by molar-refractivity contribution is 5.71. The average molecular weight is 182 g/mol. The van der Waals surface area contributed by atoms with Crippen molar-refractivity contribution >= 4 is 5.97 Å². The number of aromatic nitrogens is 2. The molecule has 0 saturated carbocycles. The van der Waals surface area contributed by atoms with Crippen LogP contribution in [0.15, 0.2) is 6.07 Å². The first-order valence-electron chi connectivity index (χ1n) is 4.41. The number of ether oxygens (including phenoxy) is 1. The minimum absolute atomic E-state index is 0.231. The number of hydrogen-bond donors (Lipinski definition) is 0. The standard InChI is InChI=1S/C9H14N2O2/c1-4-7-6-8(11(3)10-7)13-9(12)5-2/h6H,4-5H2,1-3H3. The van der Waals surface area contributed by atoms with Crippen molar-refractivity contribution in [3.8, 4) is 5.88 Å². The van der Waals surface area contributed by atoms with E-state index < -0.39 is 0 Å². The Morgan fingerprint density at radius 3 is 2.77 bits per heavy atom. The predicted octanol–water partition coefficient (Wildman–Crippen LogP) is 1.30. The lowest BCUT2D eigenvalue weighted by Gasteiger charge is -2.00. The van der Waals surface area contributed by atoms with E-state index in [0.717, 1.165) is 12.1 Å². The Balaban J connectivity index is 2.76. The zero-order chi connectivity index (χ0) is 9.84. The summed E-state index contributed by atoms with van der Waals surface area (Å²) in [6.45, 7) is 3.77. The third-order valence-electron chi connectivity index (χ3n) is 1.76. The van der Waals surface area contributed by atoms with Gasteiger partial charge < -0.3 is 4.74 Å². The fourth-order valence-electron chi connectivity index (χ4n) is 0.964. The Bertz CT molecular complexity index is 305. The van der Waals surface area contributed by atoms with Crippen LogP contribution in [0.25, 0.3) is 0 Å². The zero-order valence-electron chi connectivity index (χ0n) is 8.20. The van der Waals surface area contributed by atoms with Crippen LogP contribution in [-0.2, 0) is 18.3 Å². The maximum Gasteiger partial charge on any atom is 0.312 e. The van der Waals surface area contributed by atoms with E-state index in [1.165, 1.54) is 0 Å².